The quantitative estimate of drug-likeness (QED) is 0.465. The average Bonchev–Trinajstić information content (AvgIpc) is 2.69. The molecule has 112 valence electrons. The zero-order valence-corrected chi connectivity index (χ0v) is 13.4. The fourth-order valence-electron chi connectivity index (χ4n) is 1.73. The fourth-order valence-corrected chi connectivity index (χ4v) is 3.00. The van der Waals surface area contributed by atoms with Crippen LogP contribution >= 0.6 is 39.1 Å². The van der Waals surface area contributed by atoms with Crippen LogP contribution in [0.15, 0.2) is 22.3 Å². The zero-order valence-electron chi connectivity index (χ0n) is 10.3. The standard InChI is InChI=1S/C12H8BrCl2FN2O3/c13-5-3-6(14)10(16)9(15)11(5)17-7-4-8(20)18(1-2-19)12(7)21/h3-4,17,19H,1-2H2. The monoisotopic (exact) mass is 396 g/mol. The van der Waals surface area contributed by atoms with Crippen LogP contribution in [0.1, 0.15) is 0 Å². The highest BCUT2D eigenvalue weighted by Gasteiger charge is 2.31. The summed E-state index contributed by atoms with van der Waals surface area (Å²) in [6.45, 7) is -0.470. The Morgan fingerprint density at radius 2 is 2.05 bits per heavy atom. The van der Waals surface area contributed by atoms with Crippen molar-refractivity contribution in [3.05, 3.63) is 38.2 Å². The molecular formula is C12H8BrCl2FN2O3. The van der Waals surface area contributed by atoms with Gasteiger partial charge < -0.3 is 10.4 Å². The van der Waals surface area contributed by atoms with Crippen molar-refractivity contribution < 1.29 is 19.1 Å². The van der Waals surface area contributed by atoms with Gasteiger partial charge in [0.15, 0.2) is 5.82 Å². The van der Waals surface area contributed by atoms with Crippen molar-refractivity contribution in [2.75, 3.05) is 18.5 Å². The molecule has 0 atom stereocenters. The van der Waals surface area contributed by atoms with Crippen molar-refractivity contribution in [1.29, 1.82) is 0 Å². The number of β-amino-alcohol motifs (C(OH)–C–C–N with tert-alkyl or cyclic N) is 1. The summed E-state index contributed by atoms with van der Waals surface area (Å²) < 4.78 is 14.0. The van der Waals surface area contributed by atoms with E-state index in [0.717, 1.165) is 11.0 Å². The number of hydrogen-bond acceptors (Lipinski definition) is 4. The van der Waals surface area contributed by atoms with Crippen LogP contribution in [0.5, 0.6) is 0 Å². The lowest BCUT2D eigenvalue weighted by molar-refractivity contribution is -0.137. The SMILES string of the molecule is O=C1C=C(Nc2c(Br)cc(Cl)c(F)c2Cl)C(=O)N1CCO. The van der Waals surface area contributed by atoms with E-state index in [-0.39, 0.29) is 34.6 Å². The van der Waals surface area contributed by atoms with E-state index in [2.05, 4.69) is 21.2 Å². The summed E-state index contributed by atoms with van der Waals surface area (Å²) in [4.78, 5) is 24.4. The van der Waals surface area contributed by atoms with E-state index in [1.807, 2.05) is 0 Å². The molecule has 1 heterocycles. The first-order valence-corrected chi connectivity index (χ1v) is 7.20. The Balaban J connectivity index is 2.32. The van der Waals surface area contributed by atoms with Gasteiger partial charge in [0, 0.05) is 10.5 Å². The molecule has 1 aromatic rings. The summed E-state index contributed by atoms with van der Waals surface area (Å²) in [6, 6.07) is 1.28. The molecule has 1 aliphatic rings. The van der Waals surface area contributed by atoms with Crippen molar-refractivity contribution >= 4 is 56.6 Å². The molecule has 21 heavy (non-hydrogen) atoms. The van der Waals surface area contributed by atoms with E-state index in [1.54, 1.807) is 0 Å². The van der Waals surface area contributed by atoms with Gasteiger partial charge in [-0.2, -0.15) is 0 Å². The van der Waals surface area contributed by atoms with Crippen LogP contribution in [0.25, 0.3) is 0 Å². The molecule has 9 heteroatoms. The van der Waals surface area contributed by atoms with Gasteiger partial charge in [0.25, 0.3) is 11.8 Å². The second-order valence-corrected chi connectivity index (χ2v) is 5.68. The lowest BCUT2D eigenvalue weighted by Gasteiger charge is -2.15. The van der Waals surface area contributed by atoms with Gasteiger partial charge in [-0.3, -0.25) is 14.5 Å². The van der Waals surface area contributed by atoms with E-state index in [9.17, 15) is 14.0 Å². The Bertz CT molecular complexity index is 666. The number of aliphatic hydroxyl groups is 1. The van der Waals surface area contributed by atoms with Crippen LogP contribution in [0.2, 0.25) is 10.0 Å². The van der Waals surface area contributed by atoms with Crippen LogP contribution in [0, 0.1) is 5.82 Å². The van der Waals surface area contributed by atoms with Gasteiger partial charge in [0.1, 0.15) is 10.7 Å². The third-order valence-corrected chi connectivity index (χ3v) is 3.96. The first-order chi connectivity index (χ1) is 9.86. The molecule has 0 aliphatic carbocycles. The highest BCUT2D eigenvalue weighted by Crippen LogP contribution is 2.38. The van der Waals surface area contributed by atoms with E-state index in [4.69, 9.17) is 28.3 Å². The number of carbonyl (C=O) groups is 2. The number of anilines is 1. The third kappa shape index (κ3) is 3.06. The number of amides is 2. The van der Waals surface area contributed by atoms with Gasteiger partial charge in [-0.25, -0.2) is 4.39 Å². The fraction of sp³-hybridized carbons (Fsp3) is 0.167. The molecule has 0 bridgehead atoms. The molecule has 2 amide bonds. The Morgan fingerprint density at radius 3 is 2.67 bits per heavy atom. The molecule has 2 N–H and O–H groups in total. The number of carbonyl (C=O) groups excluding carboxylic acids is 2. The van der Waals surface area contributed by atoms with Crippen LogP contribution in [-0.2, 0) is 9.59 Å². The van der Waals surface area contributed by atoms with Crippen molar-refractivity contribution in [3.8, 4) is 0 Å². The van der Waals surface area contributed by atoms with Crippen molar-refractivity contribution in [2.45, 2.75) is 0 Å². The van der Waals surface area contributed by atoms with Crippen molar-refractivity contribution in [1.82, 2.24) is 4.90 Å². The predicted molar refractivity (Wildman–Crippen MR) is 79.6 cm³/mol. The highest BCUT2D eigenvalue weighted by molar-refractivity contribution is 9.10. The number of halogens is 4. The largest absolute Gasteiger partial charge is 0.395 e. The smallest absolute Gasteiger partial charge is 0.277 e. The van der Waals surface area contributed by atoms with Gasteiger partial charge in [-0.15, -0.1) is 0 Å². The zero-order chi connectivity index (χ0) is 15.7. The first kappa shape index (κ1) is 16.2. The minimum Gasteiger partial charge on any atom is -0.395 e. The van der Waals surface area contributed by atoms with Crippen LogP contribution < -0.4 is 5.32 Å². The van der Waals surface area contributed by atoms with E-state index < -0.39 is 17.6 Å². The van der Waals surface area contributed by atoms with Crippen molar-refractivity contribution in [3.63, 3.8) is 0 Å². The summed E-state index contributed by atoms with van der Waals surface area (Å²) in [5.41, 5.74) is 0.00888. The molecule has 0 saturated carbocycles. The van der Waals surface area contributed by atoms with E-state index in [0.29, 0.717) is 4.47 Å². The maximum Gasteiger partial charge on any atom is 0.277 e. The molecule has 0 aromatic heterocycles. The van der Waals surface area contributed by atoms with Gasteiger partial charge in [-0.05, 0) is 22.0 Å². The molecule has 1 aliphatic heterocycles. The molecule has 1 aromatic carbocycles. The Labute approximate surface area is 137 Å². The second kappa shape index (κ2) is 6.31. The van der Waals surface area contributed by atoms with Gasteiger partial charge in [0.2, 0.25) is 0 Å². The van der Waals surface area contributed by atoms with Crippen LogP contribution in [0.4, 0.5) is 10.1 Å². The third-order valence-electron chi connectivity index (χ3n) is 2.71. The first-order valence-electron chi connectivity index (χ1n) is 5.65. The molecule has 0 fully saturated rings. The van der Waals surface area contributed by atoms with E-state index >= 15 is 0 Å². The Hall–Kier alpha value is -1.15. The minimum atomic E-state index is -0.839. The topological polar surface area (TPSA) is 69.6 Å². The molecular weight excluding hydrogens is 390 g/mol. The summed E-state index contributed by atoms with van der Waals surface area (Å²) in [5.74, 6) is -2.04. The predicted octanol–water partition coefficient (Wildman–Crippen LogP) is 2.55. The van der Waals surface area contributed by atoms with Gasteiger partial charge in [0.05, 0.1) is 23.9 Å². The minimum absolute atomic E-state index is 0.0715. The molecule has 2 rings (SSSR count). The Kier molecular flexibility index (Phi) is 4.88. The molecule has 0 saturated heterocycles. The molecule has 5 nitrogen and oxygen atoms in total. The van der Waals surface area contributed by atoms with Gasteiger partial charge >= 0.3 is 0 Å². The lowest BCUT2D eigenvalue weighted by Crippen LogP contribution is -2.34. The lowest BCUT2D eigenvalue weighted by atomic mass is 10.3. The number of imide groups is 1. The molecule has 0 radical (unpaired) electrons. The normalized spacial score (nSPS) is 14.7. The number of benzene rings is 1. The van der Waals surface area contributed by atoms with Crippen LogP contribution in [-0.4, -0.2) is 35.0 Å². The maximum absolute atomic E-state index is 13.7. The summed E-state index contributed by atoms with van der Waals surface area (Å²) in [6.07, 6.45) is 1.05. The maximum atomic E-state index is 13.7. The van der Waals surface area contributed by atoms with E-state index in [1.165, 1.54) is 6.07 Å². The number of nitrogens with zero attached hydrogens (tertiary/aromatic N) is 1. The number of hydrogen-bond donors (Lipinski definition) is 2. The van der Waals surface area contributed by atoms with Crippen molar-refractivity contribution in [2.24, 2.45) is 0 Å². The average molecular weight is 398 g/mol. The summed E-state index contributed by atoms with van der Waals surface area (Å²) in [7, 11) is 0. The Morgan fingerprint density at radius 1 is 1.38 bits per heavy atom. The number of rotatable bonds is 4. The summed E-state index contributed by atoms with van der Waals surface area (Å²) >= 11 is 14.6. The van der Waals surface area contributed by atoms with Gasteiger partial charge in [-0.1, -0.05) is 23.2 Å². The highest BCUT2D eigenvalue weighted by atomic mass is 79.9. The molecule has 0 spiro atoms. The number of nitrogens with one attached hydrogen (secondary N) is 1. The number of aliphatic hydroxyl groups excluding tert-OH is 1. The van der Waals surface area contributed by atoms with Crippen LogP contribution in [0.3, 0.4) is 0 Å². The second-order valence-electron chi connectivity index (χ2n) is 4.04. The summed E-state index contributed by atoms with van der Waals surface area (Å²) in [5, 5.41) is 10.9. The molecule has 0 unspecified atom stereocenters.